The third kappa shape index (κ3) is 4.46. The molecule has 0 radical (unpaired) electrons. The lowest BCUT2D eigenvalue weighted by molar-refractivity contribution is 0.0861. The number of benzene rings is 2. The minimum Gasteiger partial charge on any atom is -0.507 e. The van der Waals surface area contributed by atoms with Gasteiger partial charge in [-0.05, 0) is 49.6 Å². The average molecular weight is 381 g/mol. The average Bonchev–Trinajstić information content (AvgIpc) is 2.69. The van der Waals surface area contributed by atoms with Gasteiger partial charge in [-0.2, -0.15) is 8.42 Å². The fourth-order valence-electron chi connectivity index (χ4n) is 2.83. The van der Waals surface area contributed by atoms with Gasteiger partial charge in [-0.3, -0.25) is 4.55 Å². The van der Waals surface area contributed by atoms with Crippen LogP contribution in [0.2, 0.25) is 0 Å². The van der Waals surface area contributed by atoms with Crippen molar-refractivity contribution in [2.24, 2.45) is 0 Å². The highest BCUT2D eigenvalue weighted by atomic mass is 32.3. The summed E-state index contributed by atoms with van der Waals surface area (Å²) in [7, 11) is -4.55. The maximum atomic E-state index is 11.1. The van der Waals surface area contributed by atoms with Crippen molar-refractivity contribution in [3.63, 3.8) is 0 Å². The first-order valence-electron chi connectivity index (χ1n) is 7.75. The number of phenols is 1. The lowest BCUT2D eigenvalue weighted by atomic mass is 9.98. The summed E-state index contributed by atoms with van der Waals surface area (Å²) in [6.45, 7) is 1.85. The normalized spacial score (nSPS) is 20.4. The highest BCUT2D eigenvalue weighted by Crippen LogP contribution is 2.42. The number of rotatable bonds is 4. The Balaban J connectivity index is 1.91. The monoisotopic (exact) mass is 381 g/mol. The number of phenolic OH excluding ortho intramolecular Hbond substituents is 1. The van der Waals surface area contributed by atoms with Gasteiger partial charge in [0.15, 0.2) is 0 Å². The molecule has 134 valence electrons. The third-order valence-electron chi connectivity index (χ3n) is 4.07. The molecule has 0 saturated heterocycles. The van der Waals surface area contributed by atoms with Crippen LogP contribution in [0.25, 0.3) is 0 Å². The van der Waals surface area contributed by atoms with Crippen LogP contribution in [0.15, 0.2) is 52.3 Å². The lowest BCUT2D eigenvalue weighted by Gasteiger charge is -2.25. The molecule has 0 fully saturated rings. The first-order valence-corrected chi connectivity index (χ1v) is 9.94. The molecule has 0 saturated carbocycles. The molecule has 6 nitrogen and oxygen atoms in total. The Kier molecular flexibility index (Phi) is 4.97. The lowest BCUT2D eigenvalue weighted by Crippen LogP contribution is -2.38. The topological polar surface area (TPSA) is 95.9 Å². The van der Waals surface area contributed by atoms with E-state index < -0.39 is 16.0 Å². The highest BCUT2D eigenvalue weighted by Gasteiger charge is 2.34. The van der Waals surface area contributed by atoms with Gasteiger partial charge >= 0.3 is 10.4 Å². The molecule has 1 aliphatic heterocycles. The SMILES string of the molecule is CC1(OS(=O)(=O)O)CCc2c(ccc(O)c2Sc2ccccc2)NC1. The van der Waals surface area contributed by atoms with Crippen molar-refractivity contribution in [3.8, 4) is 5.75 Å². The molecular formula is C17H19NO5S2. The molecule has 25 heavy (non-hydrogen) atoms. The van der Waals surface area contributed by atoms with Crippen molar-refractivity contribution in [2.75, 3.05) is 11.9 Å². The predicted molar refractivity (Wildman–Crippen MR) is 96.5 cm³/mol. The van der Waals surface area contributed by atoms with E-state index in [1.807, 2.05) is 30.3 Å². The third-order valence-corrected chi connectivity index (χ3v) is 5.85. The van der Waals surface area contributed by atoms with Crippen LogP contribution in [0, 0.1) is 0 Å². The molecule has 3 rings (SSSR count). The fraction of sp³-hybridized carbons (Fsp3) is 0.294. The zero-order valence-corrected chi connectivity index (χ0v) is 15.2. The molecule has 8 heteroatoms. The second-order valence-electron chi connectivity index (χ2n) is 6.17. The van der Waals surface area contributed by atoms with Crippen LogP contribution in [0.5, 0.6) is 5.75 Å². The smallest absolute Gasteiger partial charge is 0.397 e. The summed E-state index contributed by atoms with van der Waals surface area (Å²) < 4.78 is 36.1. The van der Waals surface area contributed by atoms with Gasteiger partial charge in [-0.25, -0.2) is 4.18 Å². The summed E-state index contributed by atoms with van der Waals surface area (Å²) in [5.41, 5.74) is 0.645. The van der Waals surface area contributed by atoms with E-state index in [9.17, 15) is 13.5 Å². The number of anilines is 1. The van der Waals surface area contributed by atoms with Crippen LogP contribution in [-0.2, 0) is 21.0 Å². The van der Waals surface area contributed by atoms with Gasteiger partial charge in [0.2, 0.25) is 0 Å². The molecular weight excluding hydrogens is 362 g/mol. The molecule has 1 atom stereocenters. The van der Waals surface area contributed by atoms with Crippen LogP contribution in [0.3, 0.4) is 0 Å². The summed E-state index contributed by atoms with van der Waals surface area (Å²) in [5.74, 6) is 0.175. The van der Waals surface area contributed by atoms with Crippen molar-refractivity contribution in [1.82, 2.24) is 0 Å². The summed E-state index contributed by atoms with van der Waals surface area (Å²) in [5, 5.41) is 13.5. The second-order valence-corrected chi connectivity index (χ2v) is 8.28. The first kappa shape index (κ1) is 18.1. The Hall–Kier alpha value is -1.74. The van der Waals surface area contributed by atoms with Crippen LogP contribution in [-0.4, -0.2) is 30.2 Å². The van der Waals surface area contributed by atoms with E-state index in [1.54, 1.807) is 19.1 Å². The van der Waals surface area contributed by atoms with Crippen molar-refractivity contribution in [3.05, 3.63) is 48.0 Å². The number of nitrogens with one attached hydrogen (secondary N) is 1. The Morgan fingerprint density at radius 1 is 1.20 bits per heavy atom. The molecule has 0 spiro atoms. The van der Waals surface area contributed by atoms with E-state index in [1.165, 1.54) is 11.8 Å². The minimum absolute atomic E-state index is 0.175. The van der Waals surface area contributed by atoms with Crippen molar-refractivity contribution < 1.29 is 22.3 Å². The standard InChI is InChI=1S/C17H19NO5S2/c1-17(23-25(20,21)22)10-9-13-14(18-11-17)7-8-15(19)16(13)24-12-5-3-2-4-6-12/h2-8,18-19H,9-11H2,1H3,(H,20,21,22). The molecule has 0 aliphatic carbocycles. The number of aromatic hydroxyl groups is 1. The van der Waals surface area contributed by atoms with E-state index in [0.29, 0.717) is 12.8 Å². The van der Waals surface area contributed by atoms with Gasteiger partial charge in [0.1, 0.15) is 11.4 Å². The quantitative estimate of drug-likeness (QED) is 0.551. The zero-order valence-electron chi connectivity index (χ0n) is 13.6. The maximum absolute atomic E-state index is 11.1. The molecule has 2 aromatic carbocycles. The largest absolute Gasteiger partial charge is 0.507 e. The summed E-state index contributed by atoms with van der Waals surface area (Å²) in [6, 6.07) is 13.1. The Morgan fingerprint density at radius 2 is 1.92 bits per heavy atom. The van der Waals surface area contributed by atoms with Crippen molar-refractivity contribution >= 4 is 27.8 Å². The van der Waals surface area contributed by atoms with Gasteiger partial charge < -0.3 is 10.4 Å². The van der Waals surface area contributed by atoms with Crippen LogP contribution >= 0.6 is 11.8 Å². The Bertz CT molecular complexity index is 870. The van der Waals surface area contributed by atoms with Gasteiger partial charge in [0.05, 0.1) is 4.90 Å². The van der Waals surface area contributed by atoms with E-state index in [2.05, 4.69) is 5.32 Å². The number of hydrogen-bond acceptors (Lipinski definition) is 6. The number of hydrogen-bond donors (Lipinski definition) is 3. The Morgan fingerprint density at radius 3 is 2.60 bits per heavy atom. The summed E-state index contributed by atoms with van der Waals surface area (Å²) in [4.78, 5) is 1.72. The summed E-state index contributed by atoms with van der Waals surface area (Å²) >= 11 is 1.45. The van der Waals surface area contributed by atoms with Gasteiger partial charge in [-0.15, -0.1) is 0 Å². The van der Waals surface area contributed by atoms with Crippen LogP contribution < -0.4 is 5.32 Å². The molecule has 1 unspecified atom stereocenters. The van der Waals surface area contributed by atoms with Gasteiger partial charge in [0.25, 0.3) is 0 Å². The van der Waals surface area contributed by atoms with E-state index in [0.717, 1.165) is 21.0 Å². The summed E-state index contributed by atoms with van der Waals surface area (Å²) in [6.07, 6.45) is 0.872. The molecule has 1 heterocycles. The minimum atomic E-state index is -4.55. The maximum Gasteiger partial charge on any atom is 0.397 e. The fourth-order valence-corrected chi connectivity index (χ4v) is 4.52. The van der Waals surface area contributed by atoms with E-state index in [4.69, 9.17) is 8.74 Å². The molecule has 2 aromatic rings. The van der Waals surface area contributed by atoms with E-state index in [-0.39, 0.29) is 12.3 Å². The van der Waals surface area contributed by atoms with Crippen molar-refractivity contribution in [1.29, 1.82) is 0 Å². The van der Waals surface area contributed by atoms with Gasteiger partial charge in [0, 0.05) is 17.1 Å². The zero-order chi connectivity index (χ0) is 18.1. The molecule has 0 amide bonds. The molecule has 0 bridgehead atoms. The van der Waals surface area contributed by atoms with Gasteiger partial charge in [-0.1, -0.05) is 30.0 Å². The second kappa shape index (κ2) is 6.87. The molecule has 3 N–H and O–H groups in total. The Labute approximate surface area is 151 Å². The van der Waals surface area contributed by atoms with Crippen LogP contribution in [0.4, 0.5) is 5.69 Å². The van der Waals surface area contributed by atoms with Crippen LogP contribution in [0.1, 0.15) is 18.9 Å². The van der Waals surface area contributed by atoms with Crippen molar-refractivity contribution in [2.45, 2.75) is 35.2 Å². The first-order chi connectivity index (χ1) is 11.8. The predicted octanol–water partition coefficient (Wildman–Crippen LogP) is 3.48. The molecule has 0 aromatic heterocycles. The molecule has 1 aliphatic rings. The highest BCUT2D eigenvalue weighted by molar-refractivity contribution is 7.99. The van der Waals surface area contributed by atoms with E-state index >= 15 is 0 Å². The number of fused-ring (bicyclic) bond motifs is 1.